The van der Waals surface area contributed by atoms with E-state index in [0.717, 1.165) is 16.5 Å². The predicted octanol–water partition coefficient (Wildman–Crippen LogP) is 3.46. The highest BCUT2D eigenvalue weighted by Crippen LogP contribution is 2.35. The summed E-state index contributed by atoms with van der Waals surface area (Å²) in [4.78, 5) is 0. The number of hydrogen-bond acceptors (Lipinski definition) is 2. The molecule has 1 aromatic carbocycles. The van der Waals surface area contributed by atoms with Crippen LogP contribution < -0.4 is 5.73 Å². The van der Waals surface area contributed by atoms with Crippen LogP contribution in [0.25, 0.3) is 11.0 Å². The summed E-state index contributed by atoms with van der Waals surface area (Å²) < 4.78 is 19.1. The van der Waals surface area contributed by atoms with Gasteiger partial charge in [-0.15, -0.1) is 0 Å². The van der Waals surface area contributed by atoms with Crippen molar-refractivity contribution < 1.29 is 8.81 Å². The van der Waals surface area contributed by atoms with E-state index in [2.05, 4.69) is 13.8 Å². The zero-order chi connectivity index (χ0) is 11.9. The molecule has 0 aliphatic rings. The molecule has 1 aromatic heterocycles. The Hall–Kier alpha value is -1.35. The Morgan fingerprint density at radius 3 is 2.62 bits per heavy atom. The van der Waals surface area contributed by atoms with Crippen molar-refractivity contribution in [3.8, 4) is 0 Å². The fourth-order valence-corrected chi connectivity index (χ4v) is 2.17. The lowest BCUT2D eigenvalue weighted by Gasteiger charge is -2.06. The molecule has 3 heteroatoms. The number of rotatable bonds is 2. The molecule has 0 fully saturated rings. The second-order valence-electron chi connectivity index (χ2n) is 4.37. The summed E-state index contributed by atoms with van der Waals surface area (Å²) >= 11 is 0. The van der Waals surface area contributed by atoms with E-state index in [0.29, 0.717) is 17.9 Å². The highest BCUT2D eigenvalue weighted by molar-refractivity contribution is 5.86. The van der Waals surface area contributed by atoms with Gasteiger partial charge in [0.2, 0.25) is 0 Å². The first-order valence-electron chi connectivity index (χ1n) is 5.46. The molecule has 0 aliphatic carbocycles. The van der Waals surface area contributed by atoms with E-state index in [-0.39, 0.29) is 11.7 Å². The van der Waals surface area contributed by atoms with E-state index in [1.807, 2.05) is 6.92 Å². The second-order valence-corrected chi connectivity index (χ2v) is 4.37. The van der Waals surface area contributed by atoms with E-state index in [4.69, 9.17) is 10.2 Å². The second kappa shape index (κ2) is 3.91. The number of nitrogens with two attached hydrogens (primary N) is 1. The average Bonchev–Trinajstić information content (AvgIpc) is 2.64. The van der Waals surface area contributed by atoms with E-state index < -0.39 is 0 Å². The number of furan rings is 1. The Kier molecular flexibility index (Phi) is 2.72. The van der Waals surface area contributed by atoms with Gasteiger partial charge in [0.1, 0.15) is 5.76 Å². The van der Waals surface area contributed by atoms with Crippen LogP contribution in [0.3, 0.4) is 0 Å². The molecule has 0 atom stereocenters. The molecule has 0 amide bonds. The number of halogens is 1. The molecule has 0 radical (unpaired) electrons. The first-order chi connectivity index (χ1) is 7.56. The maximum absolute atomic E-state index is 13.6. The van der Waals surface area contributed by atoms with Gasteiger partial charge in [-0.1, -0.05) is 19.9 Å². The topological polar surface area (TPSA) is 39.2 Å². The van der Waals surface area contributed by atoms with Crippen LogP contribution in [0.4, 0.5) is 4.39 Å². The fourth-order valence-electron chi connectivity index (χ4n) is 2.17. The zero-order valence-electron chi connectivity index (χ0n) is 9.80. The van der Waals surface area contributed by atoms with Crippen molar-refractivity contribution >= 4 is 11.0 Å². The summed E-state index contributed by atoms with van der Waals surface area (Å²) in [6, 6.07) is 3.21. The van der Waals surface area contributed by atoms with Crippen LogP contribution >= 0.6 is 0 Å². The Balaban J connectivity index is 2.89. The third-order valence-electron chi connectivity index (χ3n) is 2.88. The third-order valence-corrected chi connectivity index (χ3v) is 2.88. The summed E-state index contributed by atoms with van der Waals surface area (Å²) in [5.74, 6) is 0.653. The summed E-state index contributed by atoms with van der Waals surface area (Å²) in [5, 5.41) is 0.885. The minimum atomic E-state index is -0.317. The van der Waals surface area contributed by atoms with E-state index in [1.165, 1.54) is 6.07 Å². The van der Waals surface area contributed by atoms with Crippen LogP contribution in [-0.4, -0.2) is 0 Å². The highest BCUT2D eigenvalue weighted by Gasteiger charge is 2.19. The third kappa shape index (κ3) is 1.52. The van der Waals surface area contributed by atoms with Gasteiger partial charge in [-0.25, -0.2) is 4.39 Å². The van der Waals surface area contributed by atoms with E-state index in [9.17, 15) is 4.39 Å². The summed E-state index contributed by atoms with van der Waals surface area (Å²) in [7, 11) is 0. The van der Waals surface area contributed by atoms with Crippen molar-refractivity contribution in [2.75, 3.05) is 0 Å². The van der Waals surface area contributed by atoms with Crippen LogP contribution in [0, 0.1) is 12.7 Å². The highest BCUT2D eigenvalue weighted by atomic mass is 19.1. The molecule has 2 nitrogen and oxygen atoms in total. The van der Waals surface area contributed by atoms with Crippen molar-refractivity contribution in [1.29, 1.82) is 0 Å². The summed E-state index contributed by atoms with van der Waals surface area (Å²) in [5.41, 5.74) is 8.04. The minimum Gasteiger partial charge on any atom is -0.456 e. The van der Waals surface area contributed by atoms with Crippen LogP contribution in [0.5, 0.6) is 0 Å². The molecule has 16 heavy (non-hydrogen) atoms. The van der Waals surface area contributed by atoms with Crippen LogP contribution in [0.1, 0.15) is 36.7 Å². The van der Waals surface area contributed by atoms with Gasteiger partial charge in [-0.2, -0.15) is 0 Å². The van der Waals surface area contributed by atoms with Crippen molar-refractivity contribution in [2.45, 2.75) is 33.2 Å². The molecule has 2 rings (SSSR count). The normalized spacial score (nSPS) is 11.6. The lowest BCUT2D eigenvalue weighted by atomic mass is 9.96. The van der Waals surface area contributed by atoms with Crippen molar-refractivity contribution in [2.24, 2.45) is 5.73 Å². The number of aryl methyl sites for hydroxylation is 1. The monoisotopic (exact) mass is 221 g/mol. The number of hydrogen-bond donors (Lipinski definition) is 1. The number of fused-ring (bicyclic) bond motifs is 1. The standard InChI is InChI=1S/C13H16FNO/c1-7(2)11-10(6-15)16-13-9(14)5-4-8(3)12(11)13/h4-5,7H,6,15H2,1-3H3. The smallest absolute Gasteiger partial charge is 0.170 e. The summed E-state index contributed by atoms with van der Waals surface area (Å²) in [6.45, 7) is 6.39. The molecule has 1 heterocycles. The van der Waals surface area contributed by atoms with Crippen LogP contribution in [0.15, 0.2) is 16.5 Å². The van der Waals surface area contributed by atoms with Gasteiger partial charge in [0.15, 0.2) is 11.4 Å². The minimum absolute atomic E-state index is 0.278. The predicted molar refractivity (Wildman–Crippen MR) is 62.9 cm³/mol. The molecule has 2 aromatic rings. The molecule has 0 saturated carbocycles. The van der Waals surface area contributed by atoms with Crippen molar-refractivity contribution in [3.05, 3.63) is 34.8 Å². The first-order valence-corrected chi connectivity index (χ1v) is 5.46. The molecular formula is C13H16FNO. The summed E-state index contributed by atoms with van der Waals surface area (Å²) in [6.07, 6.45) is 0. The van der Waals surface area contributed by atoms with Crippen molar-refractivity contribution in [3.63, 3.8) is 0 Å². The molecule has 0 saturated heterocycles. The van der Waals surface area contributed by atoms with Gasteiger partial charge in [0, 0.05) is 10.9 Å². The van der Waals surface area contributed by atoms with Crippen LogP contribution in [-0.2, 0) is 6.54 Å². The molecule has 0 aliphatic heterocycles. The molecule has 0 bridgehead atoms. The molecule has 86 valence electrons. The Morgan fingerprint density at radius 1 is 1.38 bits per heavy atom. The Bertz CT molecular complexity index is 528. The van der Waals surface area contributed by atoms with Gasteiger partial charge in [0.25, 0.3) is 0 Å². The number of benzene rings is 1. The average molecular weight is 221 g/mol. The maximum atomic E-state index is 13.6. The van der Waals surface area contributed by atoms with Crippen LogP contribution in [0.2, 0.25) is 0 Å². The van der Waals surface area contributed by atoms with E-state index >= 15 is 0 Å². The maximum Gasteiger partial charge on any atom is 0.170 e. The Morgan fingerprint density at radius 2 is 2.06 bits per heavy atom. The molecule has 0 spiro atoms. The van der Waals surface area contributed by atoms with Gasteiger partial charge in [0.05, 0.1) is 6.54 Å². The fraction of sp³-hybridized carbons (Fsp3) is 0.385. The Labute approximate surface area is 94.2 Å². The lowest BCUT2D eigenvalue weighted by Crippen LogP contribution is -2.00. The van der Waals surface area contributed by atoms with E-state index in [1.54, 1.807) is 6.07 Å². The largest absolute Gasteiger partial charge is 0.456 e. The lowest BCUT2D eigenvalue weighted by molar-refractivity contribution is 0.514. The zero-order valence-corrected chi connectivity index (χ0v) is 9.80. The van der Waals surface area contributed by atoms with Gasteiger partial charge < -0.3 is 10.2 Å². The SMILES string of the molecule is Cc1ccc(F)c2oc(CN)c(C(C)C)c12. The van der Waals surface area contributed by atoms with Crippen molar-refractivity contribution in [1.82, 2.24) is 0 Å². The van der Waals surface area contributed by atoms with Gasteiger partial charge in [-0.05, 0) is 24.5 Å². The molecule has 2 N–H and O–H groups in total. The van der Waals surface area contributed by atoms with Gasteiger partial charge in [-0.3, -0.25) is 0 Å². The quantitative estimate of drug-likeness (QED) is 0.843. The molecule has 0 unspecified atom stereocenters. The first kappa shape index (κ1) is 11.1. The molecular weight excluding hydrogens is 205 g/mol. The van der Waals surface area contributed by atoms with Gasteiger partial charge >= 0.3 is 0 Å².